The van der Waals surface area contributed by atoms with Gasteiger partial charge in [0.1, 0.15) is 23.1 Å². The van der Waals surface area contributed by atoms with Crippen LogP contribution in [0.3, 0.4) is 0 Å². The van der Waals surface area contributed by atoms with Gasteiger partial charge < -0.3 is 10.6 Å². The van der Waals surface area contributed by atoms with Crippen LogP contribution in [0.4, 0.5) is 0 Å². The van der Waals surface area contributed by atoms with E-state index in [1.807, 2.05) is 32.9 Å². The number of aryl methyl sites for hydroxylation is 1. The molecular weight excluding hydrogens is 404 g/mol. The van der Waals surface area contributed by atoms with Gasteiger partial charge in [0.25, 0.3) is 0 Å². The van der Waals surface area contributed by atoms with Crippen LogP contribution in [0.25, 0.3) is 11.4 Å². The molecule has 9 heteroatoms. The molecule has 32 heavy (non-hydrogen) atoms. The molecule has 0 atom stereocenters. The first-order chi connectivity index (χ1) is 15.5. The standard InChI is InChI=1S/C23H36N8O/c1-5-21(25-4)29-22(6-2)27-15-26-14-19-23(30-31(19)24)18-12-13-20(16(3)28-18)32-17-10-8-7-9-11-17/h12-13,17,26,30H,4-11,14-15,24H2,1-3H3/b27-22-,29-21-. The van der Waals surface area contributed by atoms with Crippen molar-refractivity contribution in [3.63, 3.8) is 0 Å². The molecule has 0 amide bonds. The van der Waals surface area contributed by atoms with Crippen molar-refractivity contribution in [2.75, 3.05) is 12.5 Å². The summed E-state index contributed by atoms with van der Waals surface area (Å²) in [6, 6.07) is 4.00. The molecule has 1 saturated carbocycles. The predicted molar refractivity (Wildman–Crippen MR) is 131 cm³/mol. The van der Waals surface area contributed by atoms with Gasteiger partial charge in [-0.3, -0.25) is 15.4 Å². The fourth-order valence-corrected chi connectivity index (χ4v) is 3.80. The number of nitrogens with zero attached hydrogens (tertiary/aromatic N) is 5. The van der Waals surface area contributed by atoms with Crippen LogP contribution in [0, 0.1) is 6.92 Å². The molecule has 0 aromatic carbocycles. The average Bonchev–Trinajstić information content (AvgIpc) is 2.81. The van der Waals surface area contributed by atoms with Crippen LogP contribution in [-0.2, 0) is 6.54 Å². The van der Waals surface area contributed by atoms with Crippen molar-refractivity contribution in [1.29, 1.82) is 0 Å². The molecule has 2 aromatic heterocycles. The van der Waals surface area contributed by atoms with E-state index in [-0.39, 0.29) is 0 Å². The van der Waals surface area contributed by atoms with Gasteiger partial charge in [-0.2, -0.15) is 0 Å². The third-order valence-electron chi connectivity index (χ3n) is 5.69. The quantitative estimate of drug-likeness (QED) is 0.236. The van der Waals surface area contributed by atoms with Gasteiger partial charge in [-0.1, -0.05) is 20.3 Å². The van der Waals surface area contributed by atoms with Crippen molar-refractivity contribution < 1.29 is 4.74 Å². The number of rotatable bonds is 9. The number of ether oxygens (including phenoxy) is 1. The monoisotopic (exact) mass is 440 g/mol. The van der Waals surface area contributed by atoms with Gasteiger partial charge in [0.05, 0.1) is 29.9 Å². The highest BCUT2D eigenvalue weighted by atomic mass is 16.5. The number of amidine groups is 2. The Balaban J connectivity index is 1.60. The first-order valence-electron chi connectivity index (χ1n) is 11.5. The maximum atomic E-state index is 6.19. The number of pyridine rings is 1. The van der Waals surface area contributed by atoms with E-state index < -0.39 is 0 Å². The highest BCUT2D eigenvalue weighted by Gasteiger charge is 2.19. The molecule has 0 bridgehead atoms. The zero-order valence-corrected chi connectivity index (χ0v) is 19.5. The number of nitrogen functional groups attached to an aromatic ring is 1. The van der Waals surface area contributed by atoms with Crippen molar-refractivity contribution in [3.05, 3.63) is 23.5 Å². The lowest BCUT2D eigenvalue weighted by molar-refractivity contribution is 0.153. The van der Waals surface area contributed by atoms with Gasteiger partial charge in [0.15, 0.2) is 0 Å². The molecule has 0 unspecified atom stereocenters. The number of nitrogens with two attached hydrogens (primary N) is 1. The number of aliphatic imine (C=N–C) groups is 3. The minimum Gasteiger partial charge on any atom is -0.489 e. The Morgan fingerprint density at radius 1 is 1.25 bits per heavy atom. The summed E-state index contributed by atoms with van der Waals surface area (Å²) in [4.78, 5) is 19.1. The summed E-state index contributed by atoms with van der Waals surface area (Å²) in [7, 11) is 0. The molecule has 1 aliphatic rings. The van der Waals surface area contributed by atoms with Crippen LogP contribution < -0.4 is 15.9 Å². The summed E-state index contributed by atoms with van der Waals surface area (Å²) in [6.07, 6.45) is 7.84. The molecule has 1 aliphatic carbocycles. The Labute approximate surface area is 190 Å². The summed E-state index contributed by atoms with van der Waals surface area (Å²) in [5.74, 6) is 8.32. The number of hydrogen-bond donors (Lipinski definition) is 3. The molecule has 2 aromatic rings. The number of aromatic amines is 1. The average molecular weight is 441 g/mol. The van der Waals surface area contributed by atoms with Gasteiger partial charge in [-0.25, -0.2) is 19.8 Å². The number of nitrogens with one attached hydrogen (secondary N) is 2. The molecule has 9 nitrogen and oxygen atoms in total. The molecule has 3 rings (SSSR count). The zero-order valence-electron chi connectivity index (χ0n) is 19.5. The number of H-pyrrole nitrogens is 1. The largest absolute Gasteiger partial charge is 0.489 e. The topological polar surface area (TPSA) is 118 Å². The first-order valence-corrected chi connectivity index (χ1v) is 11.5. The van der Waals surface area contributed by atoms with E-state index in [1.165, 1.54) is 24.1 Å². The van der Waals surface area contributed by atoms with E-state index >= 15 is 0 Å². The second-order valence-corrected chi connectivity index (χ2v) is 8.01. The second-order valence-electron chi connectivity index (χ2n) is 8.01. The van der Waals surface area contributed by atoms with E-state index in [2.05, 4.69) is 32.1 Å². The van der Waals surface area contributed by atoms with Gasteiger partial charge >= 0.3 is 0 Å². The van der Waals surface area contributed by atoms with Crippen molar-refractivity contribution in [3.8, 4) is 17.1 Å². The van der Waals surface area contributed by atoms with Crippen molar-refractivity contribution >= 4 is 18.4 Å². The van der Waals surface area contributed by atoms with Crippen LogP contribution in [0.5, 0.6) is 5.75 Å². The lowest BCUT2D eigenvalue weighted by atomic mass is 9.98. The Kier molecular flexibility index (Phi) is 8.61. The van der Waals surface area contributed by atoms with E-state index in [0.717, 1.165) is 60.0 Å². The highest BCUT2D eigenvalue weighted by molar-refractivity contribution is 5.98. The predicted octanol–water partition coefficient (Wildman–Crippen LogP) is 3.98. The first kappa shape index (κ1) is 23.7. The molecule has 0 aliphatic heterocycles. The SMILES string of the molecule is C=N/C(CC)=N\C(CC)=N/CNCc1c(-c2ccc(OC3CCCCC3)c(C)n2)[nH]n1N. The van der Waals surface area contributed by atoms with Gasteiger partial charge in [0, 0.05) is 19.4 Å². The van der Waals surface area contributed by atoms with Crippen LogP contribution in [-0.4, -0.2) is 46.0 Å². The number of hydrogen-bond acceptors (Lipinski definition) is 5. The van der Waals surface area contributed by atoms with Crippen molar-refractivity contribution in [1.82, 2.24) is 20.2 Å². The Bertz CT molecular complexity index is 949. The van der Waals surface area contributed by atoms with Crippen LogP contribution in [0.15, 0.2) is 27.1 Å². The summed E-state index contributed by atoms with van der Waals surface area (Å²) in [5.41, 5.74) is 3.58. The van der Waals surface area contributed by atoms with E-state index in [9.17, 15) is 0 Å². The molecule has 4 N–H and O–H groups in total. The van der Waals surface area contributed by atoms with Crippen molar-refractivity contribution in [2.24, 2.45) is 15.0 Å². The van der Waals surface area contributed by atoms with Crippen molar-refractivity contribution in [2.45, 2.75) is 78.4 Å². The summed E-state index contributed by atoms with van der Waals surface area (Å²) in [5, 5.41) is 6.41. The summed E-state index contributed by atoms with van der Waals surface area (Å²) < 4.78 is 6.19. The molecular formula is C23H36N8O. The molecule has 2 heterocycles. The summed E-state index contributed by atoms with van der Waals surface area (Å²) >= 11 is 0. The third-order valence-corrected chi connectivity index (χ3v) is 5.69. The van der Waals surface area contributed by atoms with Crippen LogP contribution >= 0.6 is 0 Å². The molecule has 1 fully saturated rings. The normalized spacial score (nSPS) is 15.8. The van der Waals surface area contributed by atoms with E-state index in [1.54, 1.807) is 0 Å². The maximum Gasteiger partial charge on any atom is 0.140 e. The minimum atomic E-state index is 0.309. The molecule has 0 saturated heterocycles. The molecule has 174 valence electrons. The Morgan fingerprint density at radius 2 is 2.00 bits per heavy atom. The lowest BCUT2D eigenvalue weighted by Gasteiger charge is -2.24. The van der Waals surface area contributed by atoms with Gasteiger partial charge in [0.2, 0.25) is 0 Å². The van der Waals surface area contributed by atoms with E-state index in [4.69, 9.17) is 15.6 Å². The maximum absolute atomic E-state index is 6.19. The molecule has 0 spiro atoms. The lowest BCUT2D eigenvalue weighted by Crippen LogP contribution is -2.30. The second kappa shape index (κ2) is 11.6. The third kappa shape index (κ3) is 6.06. The highest BCUT2D eigenvalue weighted by Crippen LogP contribution is 2.28. The summed E-state index contributed by atoms with van der Waals surface area (Å²) in [6.45, 7) is 10.5. The fourth-order valence-electron chi connectivity index (χ4n) is 3.80. The zero-order chi connectivity index (χ0) is 22.9. The molecule has 0 radical (unpaired) electrons. The number of aromatic nitrogens is 3. The fraction of sp³-hybridized carbons (Fsp3) is 0.565. The minimum absolute atomic E-state index is 0.309. The van der Waals surface area contributed by atoms with E-state index in [0.29, 0.717) is 25.2 Å². The smallest absolute Gasteiger partial charge is 0.140 e. The van der Waals surface area contributed by atoms with Gasteiger partial charge in [-0.15, -0.1) is 0 Å². The van der Waals surface area contributed by atoms with Gasteiger partial charge in [-0.05, 0) is 51.5 Å². The van der Waals surface area contributed by atoms with Crippen LogP contribution in [0.2, 0.25) is 0 Å². The Morgan fingerprint density at radius 3 is 2.62 bits per heavy atom. The van der Waals surface area contributed by atoms with Crippen LogP contribution in [0.1, 0.15) is 70.2 Å². The Hall–Kier alpha value is -2.94.